The Morgan fingerprint density at radius 2 is 1.92 bits per heavy atom. The number of hydrogen-bond acceptors (Lipinski definition) is 7. The van der Waals surface area contributed by atoms with Crippen LogP contribution in [0.3, 0.4) is 0 Å². The molecule has 2 heterocycles. The molecular weight excluding hydrogens is 320 g/mol. The number of anilines is 2. The lowest BCUT2D eigenvalue weighted by atomic mass is 10.1. The number of aliphatic hydroxyl groups excluding tert-OH is 2. The van der Waals surface area contributed by atoms with Crippen LogP contribution in [0.4, 0.5) is 11.5 Å². The normalized spacial score (nSPS) is 11.4. The predicted molar refractivity (Wildman–Crippen MR) is 95.6 cm³/mol. The molecule has 2 aromatic heterocycles. The van der Waals surface area contributed by atoms with E-state index in [0.717, 1.165) is 22.3 Å². The highest BCUT2D eigenvalue weighted by molar-refractivity contribution is 5.84. The second-order valence-electron chi connectivity index (χ2n) is 5.81. The van der Waals surface area contributed by atoms with Gasteiger partial charge in [0.1, 0.15) is 11.8 Å². The third kappa shape index (κ3) is 4.11. The van der Waals surface area contributed by atoms with Gasteiger partial charge in [-0.2, -0.15) is 0 Å². The molecule has 3 aromatic rings. The zero-order valence-electron chi connectivity index (χ0n) is 14.1. The maximum absolute atomic E-state index is 9.18. The van der Waals surface area contributed by atoms with Crippen LogP contribution in [0.1, 0.15) is 11.1 Å². The van der Waals surface area contributed by atoms with Gasteiger partial charge < -0.3 is 20.5 Å². The lowest BCUT2D eigenvalue weighted by Gasteiger charge is -2.21. The fourth-order valence-electron chi connectivity index (χ4n) is 2.71. The minimum Gasteiger partial charge on any atom is -0.395 e. The first-order valence-electron chi connectivity index (χ1n) is 8.16. The van der Waals surface area contributed by atoms with Gasteiger partial charge in [0.05, 0.1) is 19.5 Å². The molecule has 0 radical (unpaired) electrons. The van der Waals surface area contributed by atoms with Gasteiger partial charge in [0, 0.05) is 25.3 Å². The van der Waals surface area contributed by atoms with Crippen molar-refractivity contribution in [2.45, 2.75) is 13.5 Å². The number of aromatic nitrogens is 4. The Bertz CT molecular complexity index is 829. The van der Waals surface area contributed by atoms with Gasteiger partial charge in [-0.3, -0.25) is 4.90 Å². The summed E-state index contributed by atoms with van der Waals surface area (Å²) in [6.07, 6.45) is 3.07. The number of imidazole rings is 1. The summed E-state index contributed by atoms with van der Waals surface area (Å²) in [6, 6.07) is 6.09. The average Bonchev–Trinajstić information content (AvgIpc) is 3.08. The molecular formula is C17H22N6O2. The van der Waals surface area contributed by atoms with Crippen molar-refractivity contribution < 1.29 is 10.2 Å². The van der Waals surface area contributed by atoms with Crippen molar-refractivity contribution >= 4 is 22.7 Å². The number of H-pyrrole nitrogens is 1. The molecule has 4 N–H and O–H groups in total. The Hall–Kier alpha value is -2.55. The largest absolute Gasteiger partial charge is 0.395 e. The molecule has 0 atom stereocenters. The highest BCUT2D eigenvalue weighted by atomic mass is 16.3. The van der Waals surface area contributed by atoms with Gasteiger partial charge in [-0.1, -0.05) is 6.07 Å². The van der Waals surface area contributed by atoms with E-state index in [-0.39, 0.29) is 13.2 Å². The average molecular weight is 342 g/mol. The van der Waals surface area contributed by atoms with Gasteiger partial charge in [-0.15, -0.1) is 0 Å². The Labute approximate surface area is 145 Å². The third-order valence-electron chi connectivity index (χ3n) is 4.06. The SMILES string of the molecule is Cc1ccc(Nc2ncnc3nc[nH]c23)cc1CN(CCO)CCO. The molecule has 8 nitrogen and oxygen atoms in total. The molecule has 0 spiro atoms. The fraction of sp³-hybridized carbons (Fsp3) is 0.353. The summed E-state index contributed by atoms with van der Waals surface area (Å²) in [5.41, 5.74) is 4.56. The number of nitrogens with zero attached hydrogens (tertiary/aromatic N) is 4. The van der Waals surface area contributed by atoms with Crippen molar-refractivity contribution in [1.29, 1.82) is 0 Å². The summed E-state index contributed by atoms with van der Waals surface area (Å²) < 4.78 is 0. The molecule has 132 valence electrons. The second kappa shape index (κ2) is 8.02. The van der Waals surface area contributed by atoms with Gasteiger partial charge in [0.25, 0.3) is 0 Å². The van der Waals surface area contributed by atoms with Crippen LogP contribution in [0.5, 0.6) is 0 Å². The van der Waals surface area contributed by atoms with Crippen molar-refractivity contribution in [2.75, 3.05) is 31.6 Å². The van der Waals surface area contributed by atoms with Crippen molar-refractivity contribution in [1.82, 2.24) is 24.8 Å². The van der Waals surface area contributed by atoms with Crippen LogP contribution in [0, 0.1) is 6.92 Å². The number of rotatable bonds is 8. The van der Waals surface area contributed by atoms with Crippen LogP contribution < -0.4 is 5.32 Å². The molecule has 0 saturated carbocycles. The minimum absolute atomic E-state index is 0.0652. The van der Waals surface area contributed by atoms with E-state index in [1.165, 1.54) is 6.33 Å². The molecule has 0 unspecified atom stereocenters. The Kier molecular flexibility index (Phi) is 5.54. The zero-order chi connectivity index (χ0) is 17.6. The molecule has 0 saturated heterocycles. The standard InChI is InChI=1S/C17H22N6O2/c1-12-2-3-14(8-13(12)9-23(4-6-24)5-7-25)22-17-15-16(19-10-18-15)20-11-21-17/h2-3,8,10-11,24-25H,4-7,9H2,1H3,(H2,18,19,20,21,22). The van der Waals surface area contributed by atoms with Gasteiger partial charge in [-0.05, 0) is 30.2 Å². The molecule has 3 rings (SSSR count). The van der Waals surface area contributed by atoms with E-state index in [0.29, 0.717) is 31.1 Å². The number of aliphatic hydroxyl groups is 2. The van der Waals surface area contributed by atoms with E-state index in [1.807, 2.05) is 24.0 Å². The van der Waals surface area contributed by atoms with Crippen molar-refractivity contribution in [2.24, 2.45) is 0 Å². The molecule has 0 fully saturated rings. The van der Waals surface area contributed by atoms with Gasteiger partial charge in [0.15, 0.2) is 11.5 Å². The highest BCUT2D eigenvalue weighted by Gasteiger charge is 2.10. The number of aryl methyl sites for hydroxylation is 1. The van der Waals surface area contributed by atoms with Crippen LogP contribution in [0.2, 0.25) is 0 Å². The fourth-order valence-corrected chi connectivity index (χ4v) is 2.71. The first kappa shape index (κ1) is 17.3. The molecule has 0 amide bonds. The zero-order valence-corrected chi connectivity index (χ0v) is 14.1. The van der Waals surface area contributed by atoms with E-state index >= 15 is 0 Å². The van der Waals surface area contributed by atoms with Crippen LogP contribution in [0.15, 0.2) is 30.9 Å². The van der Waals surface area contributed by atoms with Crippen molar-refractivity contribution in [3.05, 3.63) is 42.0 Å². The van der Waals surface area contributed by atoms with Crippen molar-refractivity contribution in [3.8, 4) is 0 Å². The molecule has 1 aromatic carbocycles. The second-order valence-corrected chi connectivity index (χ2v) is 5.81. The summed E-state index contributed by atoms with van der Waals surface area (Å²) in [5, 5.41) is 21.7. The maximum atomic E-state index is 9.18. The quantitative estimate of drug-likeness (QED) is 0.487. The lowest BCUT2D eigenvalue weighted by Crippen LogP contribution is -2.29. The van der Waals surface area contributed by atoms with Crippen LogP contribution in [-0.2, 0) is 6.54 Å². The molecule has 0 aliphatic rings. The van der Waals surface area contributed by atoms with Gasteiger partial charge >= 0.3 is 0 Å². The van der Waals surface area contributed by atoms with E-state index in [4.69, 9.17) is 0 Å². The number of hydrogen-bond donors (Lipinski definition) is 4. The number of fused-ring (bicyclic) bond motifs is 1. The number of aromatic amines is 1. The number of nitrogens with one attached hydrogen (secondary N) is 2. The summed E-state index contributed by atoms with van der Waals surface area (Å²) in [7, 11) is 0. The third-order valence-corrected chi connectivity index (χ3v) is 4.06. The Balaban J connectivity index is 1.82. The Morgan fingerprint density at radius 1 is 1.12 bits per heavy atom. The maximum Gasteiger partial charge on any atom is 0.182 e. The molecule has 0 aliphatic carbocycles. The summed E-state index contributed by atoms with van der Waals surface area (Å²) in [5.74, 6) is 0.667. The molecule has 8 heteroatoms. The number of benzene rings is 1. The molecule has 25 heavy (non-hydrogen) atoms. The topological polar surface area (TPSA) is 110 Å². The van der Waals surface area contributed by atoms with E-state index in [2.05, 4.69) is 31.3 Å². The summed E-state index contributed by atoms with van der Waals surface area (Å²) >= 11 is 0. The van der Waals surface area contributed by atoms with Gasteiger partial charge in [0.2, 0.25) is 0 Å². The summed E-state index contributed by atoms with van der Waals surface area (Å²) in [4.78, 5) is 17.6. The molecule has 0 aliphatic heterocycles. The van der Waals surface area contributed by atoms with E-state index in [1.54, 1.807) is 6.33 Å². The first-order chi connectivity index (χ1) is 12.2. The first-order valence-corrected chi connectivity index (χ1v) is 8.16. The van der Waals surface area contributed by atoms with E-state index < -0.39 is 0 Å². The Morgan fingerprint density at radius 3 is 2.68 bits per heavy atom. The molecule has 0 bridgehead atoms. The predicted octanol–water partition coefficient (Wildman–Crippen LogP) is 1.19. The van der Waals surface area contributed by atoms with Crippen molar-refractivity contribution in [3.63, 3.8) is 0 Å². The van der Waals surface area contributed by atoms with Gasteiger partial charge in [-0.25, -0.2) is 15.0 Å². The van der Waals surface area contributed by atoms with Crippen LogP contribution in [-0.4, -0.2) is 61.4 Å². The highest BCUT2D eigenvalue weighted by Crippen LogP contribution is 2.23. The van der Waals surface area contributed by atoms with Crippen LogP contribution >= 0.6 is 0 Å². The van der Waals surface area contributed by atoms with E-state index in [9.17, 15) is 10.2 Å². The monoisotopic (exact) mass is 342 g/mol. The smallest absolute Gasteiger partial charge is 0.182 e. The van der Waals surface area contributed by atoms with Crippen LogP contribution in [0.25, 0.3) is 11.2 Å². The minimum atomic E-state index is 0.0652. The summed E-state index contributed by atoms with van der Waals surface area (Å²) in [6.45, 7) is 3.89. The lowest BCUT2D eigenvalue weighted by molar-refractivity contribution is 0.155.